The standard InChI is InChI=1S/C4H10N2O/c1-2-3-4(5,6)7/h2-3,7H,5-6H2,1H3. The van der Waals surface area contributed by atoms with Gasteiger partial charge in [0.15, 0.2) is 5.85 Å². The zero-order chi connectivity index (χ0) is 5.91. The zero-order valence-electron chi connectivity index (χ0n) is 4.26. The first-order valence-corrected chi connectivity index (χ1v) is 2.00. The molecule has 7 heavy (non-hydrogen) atoms. The Morgan fingerprint density at radius 2 is 2.00 bits per heavy atom. The second kappa shape index (κ2) is 2.07. The van der Waals surface area contributed by atoms with Crippen molar-refractivity contribution < 1.29 is 5.11 Å². The molecule has 0 amide bonds. The first-order chi connectivity index (χ1) is 3.06. The molecule has 3 heteroatoms. The molecule has 0 bridgehead atoms. The third-order valence-electron chi connectivity index (χ3n) is 0.434. The van der Waals surface area contributed by atoms with Crippen molar-refractivity contribution in [1.29, 1.82) is 0 Å². The molecule has 0 radical (unpaired) electrons. The van der Waals surface area contributed by atoms with Crippen LogP contribution in [0.15, 0.2) is 12.2 Å². The topological polar surface area (TPSA) is 72.3 Å². The molecule has 0 heterocycles. The SMILES string of the molecule is CC=CC(N)(N)O. The Labute approximate surface area is 42.6 Å². The fourth-order valence-electron chi connectivity index (χ4n) is 0.267. The normalized spacial score (nSPS) is 13.1. The molecule has 0 aromatic carbocycles. The molecule has 0 aliphatic carbocycles. The van der Waals surface area contributed by atoms with Gasteiger partial charge in [0.25, 0.3) is 0 Å². The monoisotopic (exact) mass is 102 g/mol. The van der Waals surface area contributed by atoms with Crippen molar-refractivity contribution in [3.05, 3.63) is 12.2 Å². The van der Waals surface area contributed by atoms with Gasteiger partial charge in [-0.05, 0) is 13.0 Å². The molecule has 0 rings (SSSR count). The minimum absolute atomic E-state index is 1.30. The lowest BCUT2D eigenvalue weighted by molar-refractivity contribution is 0.106. The summed E-state index contributed by atoms with van der Waals surface area (Å²) in [5.74, 6) is -1.63. The van der Waals surface area contributed by atoms with E-state index in [9.17, 15) is 0 Å². The summed E-state index contributed by atoms with van der Waals surface area (Å²) < 4.78 is 0. The molecule has 0 saturated carbocycles. The third-order valence-corrected chi connectivity index (χ3v) is 0.434. The van der Waals surface area contributed by atoms with Crippen LogP contribution in [0.1, 0.15) is 6.92 Å². The lowest BCUT2D eigenvalue weighted by Crippen LogP contribution is -2.46. The molecule has 0 aliphatic heterocycles. The number of allylic oxidation sites excluding steroid dienone is 1. The van der Waals surface area contributed by atoms with E-state index in [1.807, 2.05) is 0 Å². The van der Waals surface area contributed by atoms with Gasteiger partial charge in [-0.15, -0.1) is 0 Å². The van der Waals surface area contributed by atoms with Gasteiger partial charge in [-0.3, -0.25) is 11.5 Å². The summed E-state index contributed by atoms with van der Waals surface area (Å²) in [6.45, 7) is 1.73. The fourth-order valence-corrected chi connectivity index (χ4v) is 0.267. The van der Waals surface area contributed by atoms with Crippen molar-refractivity contribution in [3.8, 4) is 0 Å². The molecular weight excluding hydrogens is 92.1 g/mol. The van der Waals surface area contributed by atoms with E-state index in [0.717, 1.165) is 0 Å². The van der Waals surface area contributed by atoms with Crippen LogP contribution >= 0.6 is 0 Å². The fraction of sp³-hybridized carbons (Fsp3) is 0.500. The molecule has 0 saturated heterocycles. The highest BCUT2D eigenvalue weighted by Crippen LogP contribution is 1.82. The van der Waals surface area contributed by atoms with E-state index in [1.165, 1.54) is 6.08 Å². The number of hydrogen-bond acceptors (Lipinski definition) is 3. The summed E-state index contributed by atoms with van der Waals surface area (Å²) in [5, 5.41) is 8.49. The lowest BCUT2D eigenvalue weighted by Gasteiger charge is -2.08. The van der Waals surface area contributed by atoms with Crippen LogP contribution in [0, 0.1) is 0 Å². The summed E-state index contributed by atoms with van der Waals surface area (Å²) in [4.78, 5) is 0. The van der Waals surface area contributed by atoms with Crippen LogP contribution in [-0.4, -0.2) is 11.0 Å². The maximum absolute atomic E-state index is 8.49. The van der Waals surface area contributed by atoms with E-state index < -0.39 is 5.85 Å². The van der Waals surface area contributed by atoms with E-state index in [4.69, 9.17) is 16.6 Å². The van der Waals surface area contributed by atoms with Crippen LogP contribution in [0.25, 0.3) is 0 Å². The van der Waals surface area contributed by atoms with Gasteiger partial charge in [0.05, 0.1) is 0 Å². The average Bonchev–Trinajstić information content (AvgIpc) is 1.30. The van der Waals surface area contributed by atoms with Crippen LogP contribution < -0.4 is 11.5 Å². The molecule has 0 aromatic heterocycles. The maximum Gasteiger partial charge on any atom is 0.187 e. The van der Waals surface area contributed by atoms with E-state index in [-0.39, 0.29) is 0 Å². The van der Waals surface area contributed by atoms with Gasteiger partial charge in [0.1, 0.15) is 0 Å². The minimum atomic E-state index is -1.63. The second-order valence-corrected chi connectivity index (χ2v) is 1.39. The van der Waals surface area contributed by atoms with Gasteiger partial charge in [0.2, 0.25) is 0 Å². The first-order valence-electron chi connectivity index (χ1n) is 2.00. The molecule has 3 nitrogen and oxygen atoms in total. The predicted molar refractivity (Wildman–Crippen MR) is 28.1 cm³/mol. The first kappa shape index (κ1) is 6.62. The van der Waals surface area contributed by atoms with Gasteiger partial charge >= 0.3 is 0 Å². The zero-order valence-corrected chi connectivity index (χ0v) is 4.26. The number of rotatable bonds is 1. The quantitative estimate of drug-likeness (QED) is 0.297. The number of hydrogen-bond donors (Lipinski definition) is 3. The van der Waals surface area contributed by atoms with Crippen LogP contribution in [0.3, 0.4) is 0 Å². The van der Waals surface area contributed by atoms with Crippen LogP contribution in [-0.2, 0) is 0 Å². The summed E-state index contributed by atoms with van der Waals surface area (Å²) >= 11 is 0. The van der Waals surface area contributed by atoms with Crippen LogP contribution in [0.2, 0.25) is 0 Å². The summed E-state index contributed by atoms with van der Waals surface area (Å²) in [7, 11) is 0. The molecule has 0 atom stereocenters. The van der Waals surface area contributed by atoms with Gasteiger partial charge in [-0.25, -0.2) is 0 Å². The largest absolute Gasteiger partial charge is 0.360 e. The van der Waals surface area contributed by atoms with Gasteiger partial charge < -0.3 is 5.11 Å². The Bertz CT molecular complexity index is 72.2. The van der Waals surface area contributed by atoms with Crippen molar-refractivity contribution in [2.75, 3.05) is 0 Å². The molecule has 0 unspecified atom stereocenters. The van der Waals surface area contributed by atoms with Gasteiger partial charge in [-0.2, -0.15) is 0 Å². The number of nitrogens with two attached hydrogens (primary N) is 2. The summed E-state index contributed by atoms with van der Waals surface area (Å²) in [5.41, 5.74) is 9.78. The molecule has 42 valence electrons. The number of aliphatic hydroxyl groups is 1. The summed E-state index contributed by atoms with van der Waals surface area (Å²) in [6.07, 6.45) is 2.88. The highest BCUT2D eigenvalue weighted by molar-refractivity contribution is 4.90. The second-order valence-electron chi connectivity index (χ2n) is 1.39. The molecular formula is C4H10N2O. The third kappa shape index (κ3) is 5.62. The molecule has 0 aromatic rings. The van der Waals surface area contributed by atoms with E-state index in [0.29, 0.717) is 0 Å². The maximum atomic E-state index is 8.49. The highest BCUT2D eigenvalue weighted by atomic mass is 16.3. The van der Waals surface area contributed by atoms with E-state index in [2.05, 4.69) is 0 Å². The molecule has 0 spiro atoms. The van der Waals surface area contributed by atoms with Crippen molar-refractivity contribution in [1.82, 2.24) is 0 Å². The van der Waals surface area contributed by atoms with E-state index >= 15 is 0 Å². The Hall–Kier alpha value is -0.380. The minimum Gasteiger partial charge on any atom is -0.360 e. The van der Waals surface area contributed by atoms with Crippen molar-refractivity contribution in [2.24, 2.45) is 11.5 Å². The Morgan fingerprint density at radius 3 is 2.00 bits per heavy atom. The molecule has 0 fully saturated rings. The Morgan fingerprint density at radius 1 is 1.57 bits per heavy atom. The average molecular weight is 102 g/mol. The van der Waals surface area contributed by atoms with Gasteiger partial charge in [0, 0.05) is 0 Å². The Balaban J connectivity index is 3.56. The molecule has 5 N–H and O–H groups in total. The van der Waals surface area contributed by atoms with Crippen LogP contribution in [0.4, 0.5) is 0 Å². The Kier molecular flexibility index (Phi) is 1.95. The van der Waals surface area contributed by atoms with E-state index in [1.54, 1.807) is 13.0 Å². The lowest BCUT2D eigenvalue weighted by atomic mass is 10.4. The van der Waals surface area contributed by atoms with Crippen molar-refractivity contribution in [3.63, 3.8) is 0 Å². The van der Waals surface area contributed by atoms with Gasteiger partial charge in [-0.1, -0.05) is 6.08 Å². The van der Waals surface area contributed by atoms with Crippen molar-refractivity contribution >= 4 is 0 Å². The smallest absolute Gasteiger partial charge is 0.187 e. The van der Waals surface area contributed by atoms with Crippen LogP contribution in [0.5, 0.6) is 0 Å². The predicted octanol–water partition coefficient (Wildman–Crippen LogP) is -0.874. The highest BCUT2D eigenvalue weighted by Gasteiger charge is 2.04. The summed E-state index contributed by atoms with van der Waals surface area (Å²) in [6, 6.07) is 0. The van der Waals surface area contributed by atoms with Crippen molar-refractivity contribution in [2.45, 2.75) is 12.8 Å². The molecule has 0 aliphatic rings.